The van der Waals surface area contributed by atoms with Crippen LogP contribution in [0.3, 0.4) is 0 Å². The largest absolute Gasteiger partial charge is 0.444 e. The van der Waals surface area contributed by atoms with Gasteiger partial charge in [-0.3, -0.25) is 15.1 Å². The van der Waals surface area contributed by atoms with Crippen LogP contribution in [0.5, 0.6) is 0 Å². The van der Waals surface area contributed by atoms with Gasteiger partial charge in [0, 0.05) is 12.5 Å². The van der Waals surface area contributed by atoms with E-state index in [1.54, 1.807) is 40.1 Å². The van der Waals surface area contributed by atoms with E-state index in [2.05, 4.69) is 20.9 Å². The summed E-state index contributed by atoms with van der Waals surface area (Å²) in [7, 11) is 0. The van der Waals surface area contributed by atoms with Gasteiger partial charge >= 0.3 is 6.09 Å². The Bertz CT molecular complexity index is 598. The van der Waals surface area contributed by atoms with Gasteiger partial charge < -0.3 is 20.5 Å². The fraction of sp³-hybridized carbons (Fsp3) is 0.789. The Morgan fingerprint density at radius 2 is 1.90 bits per heavy atom. The van der Waals surface area contributed by atoms with Crippen LogP contribution in [0.15, 0.2) is 4.99 Å². The molecular formula is C19H35N5O4S. The lowest BCUT2D eigenvalue weighted by atomic mass is 9.87. The Morgan fingerprint density at radius 3 is 2.38 bits per heavy atom. The zero-order chi connectivity index (χ0) is 22.6. The van der Waals surface area contributed by atoms with E-state index in [0.717, 1.165) is 0 Å². The van der Waals surface area contributed by atoms with Gasteiger partial charge in [0.25, 0.3) is 0 Å². The first-order chi connectivity index (χ1) is 13.4. The highest BCUT2D eigenvalue weighted by Gasteiger charge is 2.29. The number of hydrogen-bond donors (Lipinski definition) is 4. The fourth-order valence-electron chi connectivity index (χ4n) is 2.41. The predicted octanol–water partition coefficient (Wildman–Crippen LogP) is 1.83. The third kappa shape index (κ3) is 12.2. The highest BCUT2D eigenvalue weighted by atomic mass is 32.2. The normalized spacial score (nSPS) is 15.1. The molecule has 0 aliphatic carbocycles. The molecule has 0 bridgehead atoms. The molecule has 10 heteroatoms. The maximum Gasteiger partial charge on any atom is 0.407 e. The summed E-state index contributed by atoms with van der Waals surface area (Å²) in [6.07, 6.45) is 2.29. The highest BCUT2D eigenvalue weighted by Crippen LogP contribution is 2.19. The van der Waals surface area contributed by atoms with E-state index in [9.17, 15) is 14.7 Å². The number of nitriles is 1. The molecule has 0 aliphatic rings. The standard InChI is InChI=1S/C19H35N5O4S/c1-12(2)14(16(26)21-8-9-22-17(29-7)23-11-20)10-15(25)13(3)24-18(27)28-19(4,5)6/h12-15,25H,8-10H2,1-7H3,(H,21,26)(H,22,23)(H,24,27)/t13-,14-,15-/m0/s1. The van der Waals surface area contributed by atoms with E-state index in [-0.39, 0.29) is 18.2 Å². The van der Waals surface area contributed by atoms with Crippen molar-refractivity contribution in [3.05, 3.63) is 0 Å². The molecule has 4 N–H and O–H groups in total. The molecule has 2 amide bonds. The van der Waals surface area contributed by atoms with Crippen molar-refractivity contribution in [2.24, 2.45) is 16.8 Å². The monoisotopic (exact) mass is 429 g/mol. The van der Waals surface area contributed by atoms with Gasteiger partial charge in [-0.15, -0.1) is 0 Å². The van der Waals surface area contributed by atoms with Crippen molar-refractivity contribution in [3.63, 3.8) is 0 Å². The molecule has 0 aromatic rings. The average Bonchev–Trinajstić information content (AvgIpc) is 2.59. The first-order valence-electron chi connectivity index (χ1n) is 9.60. The maximum absolute atomic E-state index is 12.5. The number of aliphatic hydroxyl groups is 1. The lowest BCUT2D eigenvalue weighted by molar-refractivity contribution is -0.127. The fourth-order valence-corrected chi connectivity index (χ4v) is 2.77. The number of aliphatic imine (C=N–C) groups is 1. The van der Waals surface area contributed by atoms with Gasteiger partial charge in [0.05, 0.1) is 18.7 Å². The number of ether oxygens (including phenoxy) is 1. The van der Waals surface area contributed by atoms with Gasteiger partial charge in [0.15, 0.2) is 11.4 Å². The Balaban J connectivity index is 4.67. The molecule has 9 nitrogen and oxygen atoms in total. The van der Waals surface area contributed by atoms with Crippen LogP contribution in [-0.4, -0.2) is 59.4 Å². The molecule has 0 rings (SSSR count). The molecule has 0 fully saturated rings. The van der Waals surface area contributed by atoms with Gasteiger partial charge in [-0.05, 0) is 46.3 Å². The third-order valence-electron chi connectivity index (χ3n) is 3.98. The number of nitrogens with zero attached hydrogens (tertiary/aromatic N) is 2. The smallest absolute Gasteiger partial charge is 0.407 e. The summed E-state index contributed by atoms with van der Waals surface area (Å²) in [4.78, 5) is 28.6. The van der Waals surface area contributed by atoms with E-state index >= 15 is 0 Å². The van der Waals surface area contributed by atoms with Crippen LogP contribution in [0.2, 0.25) is 0 Å². The minimum absolute atomic E-state index is 0.00360. The summed E-state index contributed by atoms with van der Waals surface area (Å²) < 4.78 is 5.19. The molecule has 0 saturated carbocycles. The summed E-state index contributed by atoms with van der Waals surface area (Å²) in [5, 5.41) is 27.4. The second-order valence-corrected chi connectivity index (χ2v) is 8.80. The summed E-state index contributed by atoms with van der Waals surface area (Å²) in [5.74, 6) is -0.601. The minimum atomic E-state index is -0.901. The number of rotatable bonds is 9. The number of amidine groups is 1. The molecule has 166 valence electrons. The second kappa shape index (κ2) is 13.3. The Morgan fingerprint density at radius 1 is 1.28 bits per heavy atom. The number of carbonyl (C=O) groups is 2. The van der Waals surface area contributed by atoms with Crippen LogP contribution in [-0.2, 0) is 9.53 Å². The molecule has 0 aromatic heterocycles. The van der Waals surface area contributed by atoms with E-state index in [4.69, 9.17) is 10.00 Å². The van der Waals surface area contributed by atoms with Crippen LogP contribution >= 0.6 is 11.8 Å². The van der Waals surface area contributed by atoms with E-state index in [1.807, 2.05) is 13.8 Å². The van der Waals surface area contributed by atoms with Crippen molar-refractivity contribution in [2.45, 2.75) is 65.7 Å². The third-order valence-corrected chi connectivity index (χ3v) is 4.60. The van der Waals surface area contributed by atoms with Crippen molar-refractivity contribution in [1.82, 2.24) is 16.0 Å². The molecule has 0 spiro atoms. The number of carbonyl (C=O) groups excluding carboxylic acids is 2. The van der Waals surface area contributed by atoms with Gasteiger partial charge in [-0.2, -0.15) is 5.26 Å². The SMILES string of the molecule is CSC(=NCCNC(=O)[C@@H](C[C@H](O)[C@H](C)NC(=O)OC(C)(C)C)C(C)C)NC#N. The topological polar surface area (TPSA) is 136 Å². The Hall–Kier alpha value is -1.99. The van der Waals surface area contributed by atoms with Crippen molar-refractivity contribution in [3.8, 4) is 6.19 Å². The van der Waals surface area contributed by atoms with Gasteiger partial charge in [0.1, 0.15) is 5.60 Å². The van der Waals surface area contributed by atoms with Crippen LogP contribution in [0.4, 0.5) is 4.79 Å². The second-order valence-electron chi connectivity index (χ2n) is 8.01. The molecule has 29 heavy (non-hydrogen) atoms. The number of alkyl carbamates (subject to hydrolysis) is 1. The first kappa shape index (κ1) is 27.0. The molecule has 0 saturated heterocycles. The Kier molecular flexibility index (Phi) is 12.4. The number of amides is 2. The van der Waals surface area contributed by atoms with Gasteiger partial charge in [-0.25, -0.2) is 4.79 Å². The molecule has 0 heterocycles. The quantitative estimate of drug-likeness (QED) is 0.144. The van der Waals surface area contributed by atoms with Crippen LogP contribution in [0.25, 0.3) is 0 Å². The van der Waals surface area contributed by atoms with Crippen LogP contribution in [0.1, 0.15) is 48.0 Å². The number of nitrogens with one attached hydrogen (secondary N) is 3. The molecule has 3 atom stereocenters. The van der Waals surface area contributed by atoms with Gasteiger partial charge in [0.2, 0.25) is 5.91 Å². The van der Waals surface area contributed by atoms with Crippen LogP contribution in [0, 0.1) is 23.3 Å². The van der Waals surface area contributed by atoms with Crippen molar-refractivity contribution >= 4 is 28.9 Å². The van der Waals surface area contributed by atoms with Crippen molar-refractivity contribution in [1.29, 1.82) is 5.26 Å². The summed E-state index contributed by atoms with van der Waals surface area (Å²) in [6.45, 7) is 11.4. The molecule has 0 radical (unpaired) electrons. The summed E-state index contributed by atoms with van der Waals surface area (Å²) >= 11 is 1.31. The first-order valence-corrected chi connectivity index (χ1v) is 10.8. The minimum Gasteiger partial charge on any atom is -0.444 e. The van der Waals surface area contributed by atoms with Crippen molar-refractivity contribution in [2.75, 3.05) is 19.3 Å². The molecule has 0 aliphatic heterocycles. The summed E-state index contributed by atoms with van der Waals surface area (Å²) in [6, 6.07) is -0.565. The predicted molar refractivity (Wildman–Crippen MR) is 115 cm³/mol. The van der Waals surface area contributed by atoms with Crippen molar-refractivity contribution < 1.29 is 19.4 Å². The molecular weight excluding hydrogens is 394 g/mol. The lowest BCUT2D eigenvalue weighted by Crippen LogP contribution is -2.46. The highest BCUT2D eigenvalue weighted by molar-refractivity contribution is 8.13. The number of aliphatic hydroxyl groups excluding tert-OH is 1. The Labute approximate surface area is 178 Å². The molecule has 0 unspecified atom stereocenters. The molecule has 0 aromatic carbocycles. The number of hydrogen-bond acceptors (Lipinski definition) is 7. The zero-order valence-corrected chi connectivity index (χ0v) is 19.2. The van der Waals surface area contributed by atoms with E-state index in [1.165, 1.54) is 11.8 Å². The lowest BCUT2D eigenvalue weighted by Gasteiger charge is -2.27. The maximum atomic E-state index is 12.5. The number of thioether (sulfide) groups is 1. The van der Waals surface area contributed by atoms with Crippen LogP contribution < -0.4 is 16.0 Å². The van der Waals surface area contributed by atoms with Gasteiger partial charge in [-0.1, -0.05) is 25.6 Å². The van der Waals surface area contributed by atoms with E-state index in [0.29, 0.717) is 18.3 Å². The van der Waals surface area contributed by atoms with E-state index < -0.39 is 29.8 Å². The summed E-state index contributed by atoms with van der Waals surface area (Å²) in [5.41, 5.74) is -0.628. The average molecular weight is 430 g/mol. The zero-order valence-electron chi connectivity index (χ0n) is 18.4.